The molecule has 0 fully saturated rings. The summed E-state index contributed by atoms with van der Waals surface area (Å²) in [4.78, 5) is 11.1. The van der Waals surface area contributed by atoms with E-state index in [0.29, 0.717) is 0 Å². The molecule has 0 bridgehead atoms. The Bertz CT molecular complexity index is 503. The Morgan fingerprint density at radius 3 is 1.75 bits per heavy atom. The summed E-state index contributed by atoms with van der Waals surface area (Å²) in [6.07, 6.45) is -1.30. The summed E-state index contributed by atoms with van der Waals surface area (Å²) in [7, 11) is 0. The summed E-state index contributed by atoms with van der Waals surface area (Å²) in [5.41, 5.74) is 13.0. The first kappa shape index (κ1) is 14.1. The van der Waals surface area contributed by atoms with Gasteiger partial charge >= 0.3 is 6.09 Å². The molecule has 0 aliphatic rings. The number of hydrogen-bond donors (Lipinski definition) is 2. The van der Waals surface area contributed by atoms with Crippen LogP contribution < -0.4 is 11.5 Å². The number of primary amides is 1. The minimum absolute atomic E-state index is 0.130. The highest BCUT2D eigenvalue weighted by molar-refractivity contribution is 5.65. The van der Waals surface area contributed by atoms with E-state index >= 15 is 0 Å². The van der Waals surface area contributed by atoms with Crippen LogP contribution in [0.4, 0.5) is 4.79 Å². The predicted molar refractivity (Wildman–Crippen MR) is 78.2 cm³/mol. The van der Waals surface area contributed by atoms with Crippen molar-refractivity contribution in [1.82, 2.24) is 0 Å². The van der Waals surface area contributed by atoms with Gasteiger partial charge in [-0.2, -0.15) is 0 Å². The maximum Gasteiger partial charge on any atom is 0.404 e. The lowest BCUT2D eigenvalue weighted by molar-refractivity contribution is 0.101. The van der Waals surface area contributed by atoms with E-state index in [2.05, 4.69) is 0 Å². The average Bonchev–Trinajstić information content (AvgIpc) is 2.48. The largest absolute Gasteiger partial charge is 0.444 e. The highest BCUT2D eigenvalue weighted by Gasteiger charge is 2.26. The van der Waals surface area contributed by atoms with E-state index in [4.69, 9.17) is 16.2 Å². The van der Waals surface area contributed by atoms with Crippen molar-refractivity contribution in [3.63, 3.8) is 0 Å². The Morgan fingerprint density at radius 1 is 0.950 bits per heavy atom. The fourth-order valence-corrected chi connectivity index (χ4v) is 2.34. The van der Waals surface area contributed by atoms with Crippen molar-refractivity contribution in [3.05, 3.63) is 71.8 Å². The lowest BCUT2D eigenvalue weighted by Gasteiger charge is -2.26. The van der Waals surface area contributed by atoms with Gasteiger partial charge in [-0.3, -0.25) is 0 Å². The van der Waals surface area contributed by atoms with Crippen LogP contribution in [0.5, 0.6) is 0 Å². The lowest BCUT2D eigenvalue weighted by atomic mass is 9.86. The summed E-state index contributed by atoms with van der Waals surface area (Å²) < 4.78 is 5.18. The Kier molecular flexibility index (Phi) is 4.74. The SMILES string of the molecule is NCC(OC(N)=O)C(c1ccccc1)c1ccccc1. The van der Waals surface area contributed by atoms with Gasteiger partial charge in [0.05, 0.1) is 0 Å². The first-order valence-electron chi connectivity index (χ1n) is 6.48. The van der Waals surface area contributed by atoms with Crippen LogP contribution in [0.3, 0.4) is 0 Å². The van der Waals surface area contributed by atoms with Crippen LogP contribution >= 0.6 is 0 Å². The van der Waals surface area contributed by atoms with E-state index in [1.165, 1.54) is 0 Å². The van der Waals surface area contributed by atoms with Crippen LogP contribution in [0.2, 0.25) is 0 Å². The van der Waals surface area contributed by atoms with Crippen molar-refractivity contribution in [2.45, 2.75) is 12.0 Å². The molecule has 4 heteroatoms. The van der Waals surface area contributed by atoms with Crippen LogP contribution in [-0.2, 0) is 4.74 Å². The quantitative estimate of drug-likeness (QED) is 0.874. The van der Waals surface area contributed by atoms with Crippen LogP contribution in [0.15, 0.2) is 60.7 Å². The molecule has 2 aromatic carbocycles. The molecule has 20 heavy (non-hydrogen) atoms. The zero-order valence-electron chi connectivity index (χ0n) is 11.1. The molecule has 0 heterocycles. The topological polar surface area (TPSA) is 78.3 Å². The zero-order chi connectivity index (χ0) is 14.4. The molecule has 1 amide bonds. The molecule has 1 unspecified atom stereocenters. The third-order valence-electron chi connectivity index (χ3n) is 3.19. The fraction of sp³-hybridized carbons (Fsp3) is 0.188. The molecule has 4 nitrogen and oxygen atoms in total. The van der Waals surface area contributed by atoms with Crippen molar-refractivity contribution in [2.75, 3.05) is 6.54 Å². The first-order valence-corrected chi connectivity index (χ1v) is 6.48. The Labute approximate surface area is 118 Å². The minimum atomic E-state index is -0.808. The molecular weight excluding hydrogens is 252 g/mol. The van der Waals surface area contributed by atoms with Gasteiger partial charge in [-0.05, 0) is 11.1 Å². The molecule has 0 saturated carbocycles. The van der Waals surface area contributed by atoms with E-state index in [-0.39, 0.29) is 12.5 Å². The molecule has 2 aromatic rings. The number of carbonyl (C=O) groups excluding carboxylic acids is 1. The van der Waals surface area contributed by atoms with E-state index in [1.807, 2.05) is 60.7 Å². The van der Waals surface area contributed by atoms with Gasteiger partial charge in [-0.25, -0.2) is 4.79 Å². The Morgan fingerprint density at radius 2 is 1.40 bits per heavy atom. The van der Waals surface area contributed by atoms with Gasteiger partial charge in [-0.15, -0.1) is 0 Å². The maximum atomic E-state index is 11.1. The predicted octanol–water partition coefficient (Wildman–Crippen LogP) is 2.24. The summed E-state index contributed by atoms with van der Waals surface area (Å²) in [6.45, 7) is 0.206. The molecule has 4 N–H and O–H groups in total. The summed E-state index contributed by atoms with van der Waals surface area (Å²) >= 11 is 0. The smallest absolute Gasteiger partial charge is 0.404 e. The van der Waals surface area contributed by atoms with Crippen molar-refractivity contribution in [3.8, 4) is 0 Å². The second-order valence-electron chi connectivity index (χ2n) is 4.51. The highest BCUT2D eigenvalue weighted by Crippen LogP contribution is 2.29. The van der Waals surface area contributed by atoms with E-state index < -0.39 is 12.2 Å². The molecule has 0 spiro atoms. The molecule has 1 atom stereocenters. The van der Waals surface area contributed by atoms with Gasteiger partial charge in [0.15, 0.2) is 0 Å². The second kappa shape index (κ2) is 6.73. The van der Waals surface area contributed by atoms with E-state index in [1.54, 1.807) is 0 Å². The fourth-order valence-electron chi connectivity index (χ4n) is 2.34. The van der Waals surface area contributed by atoms with Gasteiger partial charge in [0.1, 0.15) is 6.10 Å². The molecule has 104 valence electrons. The molecule has 0 aliphatic heterocycles. The number of nitrogens with two attached hydrogens (primary N) is 2. The van der Waals surface area contributed by atoms with Crippen LogP contribution in [0, 0.1) is 0 Å². The van der Waals surface area contributed by atoms with Crippen molar-refractivity contribution < 1.29 is 9.53 Å². The lowest BCUT2D eigenvalue weighted by Crippen LogP contribution is -2.35. The highest BCUT2D eigenvalue weighted by atomic mass is 16.6. The molecule has 0 aliphatic carbocycles. The van der Waals surface area contributed by atoms with Crippen molar-refractivity contribution in [1.29, 1.82) is 0 Å². The third-order valence-corrected chi connectivity index (χ3v) is 3.19. The molecule has 2 rings (SSSR count). The third kappa shape index (κ3) is 3.36. The van der Waals surface area contributed by atoms with Gasteiger partial charge in [-0.1, -0.05) is 60.7 Å². The molecular formula is C16H18N2O2. The standard InChI is InChI=1S/C16H18N2O2/c17-11-14(20-16(18)19)15(12-7-3-1-4-8-12)13-9-5-2-6-10-13/h1-10,14-15H,11,17H2,(H2,18,19). The molecule has 0 aromatic heterocycles. The molecule has 0 radical (unpaired) electrons. The second-order valence-corrected chi connectivity index (χ2v) is 4.51. The van der Waals surface area contributed by atoms with Crippen LogP contribution in [-0.4, -0.2) is 18.7 Å². The van der Waals surface area contributed by atoms with Crippen molar-refractivity contribution in [2.24, 2.45) is 11.5 Å². The van der Waals surface area contributed by atoms with Gasteiger partial charge in [0.25, 0.3) is 0 Å². The number of ether oxygens (including phenoxy) is 1. The van der Waals surface area contributed by atoms with Crippen LogP contribution in [0.25, 0.3) is 0 Å². The van der Waals surface area contributed by atoms with Gasteiger partial charge < -0.3 is 16.2 Å². The average molecular weight is 270 g/mol. The Balaban J connectivity index is 2.41. The van der Waals surface area contributed by atoms with Crippen LogP contribution in [0.1, 0.15) is 17.0 Å². The maximum absolute atomic E-state index is 11.1. The summed E-state index contributed by atoms with van der Waals surface area (Å²) in [5, 5.41) is 0. The number of carbonyl (C=O) groups is 1. The number of benzene rings is 2. The Hall–Kier alpha value is -2.33. The van der Waals surface area contributed by atoms with Gasteiger partial charge in [0.2, 0.25) is 0 Å². The van der Waals surface area contributed by atoms with Crippen molar-refractivity contribution >= 4 is 6.09 Å². The minimum Gasteiger partial charge on any atom is -0.444 e. The summed E-state index contributed by atoms with van der Waals surface area (Å²) in [5.74, 6) is -0.130. The van der Waals surface area contributed by atoms with E-state index in [9.17, 15) is 4.79 Å². The van der Waals surface area contributed by atoms with Gasteiger partial charge in [0, 0.05) is 12.5 Å². The number of hydrogen-bond acceptors (Lipinski definition) is 3. The molecule has 0 saturated heterocycles. The zero-order valence-corrected chi connectivity index (χ0v) is 11.1. The monoisotopic (exact) mass is 270 g/mol. The first-order chi connectivity index (χ1) is 9.72. The number of rotatable bonds is 5. The number of amides is 1. The summed E-state index contributed by atoms with van der Waals surface area (Å²) in [6, 6.07) is 19.6. The van der Waals surface area contributed by atoms with E-state index in [0.717, 1.165) is 11.1 Å². The normalized spacial score (nSPS) is 12.1.